The van der Waals surface area contributed by atoms with Crippen LogP contribution < -0.4 is 4.90 Å². The monoisotopic (exact) mass is 313 g/mol. The Morgan fingerprint density at radius 1 is 1.35 bits per heavy atom. The Morgan fingerprint density at radius 3 is 2.70 bits per heavy atom. The van der Waals surface area contributed by atoms with Crippen LogP contribution in [0.3, 0.4) is 0 Å². The number of pyridine rings is 1. The zero-order valence-corrected chi connectivity index (χ0v) is 13.0. The van der Waals surface area contributed by atoms with Gasteiger partial charge in [-0.2, -0.15) is 0 Å². The summed E-state index contributed by atoms with van der Waals surface area (Å²) >= 11 is 0. The topological polar surface area (TPSA) is 72.4 Å². The minimum Gasteiger partial charge on any atom is -0.464 e. The van der Waals surface area contributed by atoms with Crippen LogP contribution in [0.2, 0.25) is 0 Å². The van der Waals surface area contributed by atoms with Gasteiger partial charge in [0, 0.05) is 18.0 Å². The molecule has 0 saturated heterocycles. The highest BCUT2D eigenvalue weighted by atomic mass is 16.6. The quantitative estimate of drug-likeness (QED) is 0.598. The molecule has 0 radical (unpaired) electrons. The van der Waals surface area contributed by atoms with E-state index in [1.807, 2.05) is 6.07 Å². The number of nitro groups is 1. The molecule has 2 aromatic rings. The number of nitrogens with zero attached hydrogens (tertiary/aromatic N) is 3. The molecule has 0 spiro atoms. The summed E-state index contributed by atoms with van der Waals surface area (Å²) in [4.78, 5) is 16.8. The van der Waals surface area contributed by atoms with Crippen LogP contribution in [-0.4, -0.2) is 15.9 Å². The second-order valence-corrected chi connectivity index (χ2v) is 6.61. The molecule has 4 rings (SSSR count). The lowest BCUT2D eigenvalue weighted by Gasteiger charge is -2.22. The number of hydrogen-bond acceptors (Lipinski definition) is 5. The van der Waals surface area contributed by atoms with Crippen LogP contribution in [0.1, 0.15) is 43.6 Å². The number of furan rings is 1. The van der Waals surface area contributed by atoms with Crippen LogP contribution in [0.15, 0.2) is 34.9 Å². The van der Waals surface area contributed by atoms with Crippen molar-refractivity contribution < 1.29 is 9.34 Å². The summed E-state index contributed by atoms with van der Waals surface area (Å²) in [7, 11) is 0. The standard InChI is InChI=1S/C17H19N3O3/c1-11-8-15(11)16-6-5-14(23-16)10-19(12-2-3-12)17-7-4-13(9-18-17)20(21)22/h4-7,9,11-12,15H,2-3,8,10H2,1H3/t11-,15-/m0/s1. The molecular weight excluding hydrogens is 294 g/mol. The van der Waals surface area contributed by atoms with Gasteiger partial charge in [0.15, 0.2) is 0 Å². The van der Waals surface area contributed by atoms with E-state index in [0.29, 0.717) is 18.5 Å². The predicted octanol–water partition coefficient (Wildman–Crippen LogP) is 3.88. The minimum atomic E-state index is -0.423. The zero-order chi connectivity index (χ0) is 16.0. The summed E-state index contributed by atoms with van der Waals surface area (Å²) in [5.74, 6) is 4.10. The summed E-state index contributed by atoms with van der Waals surface area (Å²) in [6.07, 6.45) is 4.80. The largest absolute Gasteiger partial charge is 0.464 e. The second-order valence-electron chi connectivity index (χ2n) is 6.61. The van der Waals surface area contributed by atoms with Crippen LogP contribution in [0.5, 0.6) is 0 Å². The number of anilines is 1. The molecule has 6 nitrogen and oxygen atoms in total. The molecule has 120 valence electrons. The molecule has 0 aliphatic heterocycles. The molecule has 2 saturated carbocycles. The van der Waals surface area contributed by atoms with E-state index in [1.165, 1.54) is 18.7 Å². The van der Waals surface area contributed by atoms with Gasteiger partial charge in [0.25, 0.3) is 5.69 Å². The summed E-state index contributed by atoms with van der Waals surface area (Å²) in [5, 5.41) is 10.8. The lowest BCUT2D eigenvalue weighted by atomic mass is 10.3. The molecule has 0 amide bonds. The molecule has 0 bridgehead atoms. The molecule has 0 aromatic carbocycles. The Hall–Kier alpha value is -2.37. The maximum Gasteiger partial charge on any atom is 0.287 e. The lowest BCUT2D eigenvalue weighted by Crippen LogP contribution is -2.25. The van der Waals surface area contributed by atoms with E-state index < -0.39 is 4.92 Å². The van der Waals surface area contributed by atoms with Crippen LogP contribution >= 0.6 is 0 Å². The van der Waals surface area contributed by atoms with Crippen LogP contribution in [0.4, 0.5) is 11.5 Å². The third kappa shape index (κ3) is 2.93. The van der Waals surface area contributed by atoms with E-state index in [1.54, 1.807) is 6.07 Å². The van der Waals surface area contributed by atoms with Crippen molar-refractivity contribution in [3.63, 3.8) is 0 Å². The number of aromatic nitrogens is 1. The molecule has 2 fully saturated rings. The van der Waals surface area contributed by atoms with Crippen molar-refractivity contribution >= 4 is 11.5 Å². The van der Waals surface area contributed by atoms with Crippen LogP contribution in [0, 0.1) is 16.0 Å². The SMILES string of the molecule is C[C@H]1C[C@@H]1c1ccc(CN(c2ccc([N+](=O)[O-])cn2)C2CC2)o1. The fraction of sp³-hybridized carbons (Fsp3) is 0.471. The highest BCUT2D eigenvalue weighted by molar-refractivity contribution is 5.45. The number of rotatable bonds is 6. The van der Waals surface area contributed by atoms with Gasteiger partial charge < -0.3 is 9.32 Å². The van der Waals surface area contributed by atoms with Gasteiger partial charge in [0.1, 0.15) is 23.5 Å². The lowest BCUT2D eigenvalue weighted by molar-refractivity contribution is -0.385. The molecule has 2 aliphatic carbocycles. The summed E-state index contributed by atoms with van der Waals surface area (Å²) in [5.41, 5.74) is 0.0208. The molecule has 0 unspecified atom stereocenters. The smallest absolute Gasteiger partial charge is 0.287 e. The molecular formula is C17H19N3O3. The third-order valence-electron chi connectivity index (χ3n) is 4.71. The highest BCUT2D eigenvalue weighted by Crippen LogP contribution is 2.47. The van der Waals surface area contributed by atoms with Gasteiger partial charge in [-0.3, -0.25) is 10.1 Å². The summed E-state index contributed by atoms with van der Waals surface area (Å²) < 4.78 is 5.99. The van der Waals surface area contributed by atoms with E-state index >= 15 is 0 Å². The number of hydrogen-bond donors (Lipinski definition) is 0. The maximum atomic E-state index is 10.8. The van der Waals surface area contributed by atoms with Gasteiger partial charge in [0.2, 0.25) is 0 Å². The van der Waals surface area contributed by atoms with Gasteiger partial charge in [-0.05, 0) is 43.4 Å². The van der Waals surface area contributed by atoms with Crippen molar-refractivity contribution in [2.45, 2.75) is 44.7 Å². The Kier molecular flexibility index (Phi) is 3.32. The molecule has 6 heteroatoms. The van der Waals surface area contributed by atoms with Crippen molar-refractivity contribution in [3.8, 4) is 0 Å². The molecule has 2 heterocycles. The molecule has 2 atom stereocenters. The van der Waals surface area contributed by atoms with E-state index in [4.69, 9.17) is 4.42 Å². The Balaban J connectivity index is 1.51. The van der Waals surface area contributed by atoms with E-state index in [0.717, 1.165) is 36.1 Å². The first-order valence-electron chi connectivity index (χ1n) is 8.07. The maximum absolute atomic E-state index is 10.8. The average Bonchev–Trinajstić information content (AvgIpc) is 3.46. The van der Waals surface area contributed by atoms with E-state index in [-0.39, 0.29) is 5.69 Å². The van der Waals surface area contributed by atoms with Gasteiger partial charge in [0.05, 0.1) is 11.5 Å². The van der Waals surface area contributed by atoms with Crippen LogP contribution in [-0.2, 0) is 6.54 Å². The fourth-order valence-electron chi connectivity index (χ4n) is 3.00. The first-order chi connectivity index (χ1) is 11.1. The van der Waals surface area contributed by atoms with Gasteiger partial charge in [-0.25, -0.2) is 4.98 Å². The molecule has 2 aromatic heterocycles. The molecule has 2 aliphatic rings. The molecule has 0 N–H and O–H groups in total. The Bertz CT molecular complexity index is 721. The van der Waals surface area contributed by atoms with Crippen molar-refractivity contribution in [1.29, 1.82) is 0 Å². The van der Waals surface area contributed by atoms with Crippen LogP contribution in [0.25, 0.3) is 0 Å². The summed E-state index contributed by atoms with van der Waals surface area (Å²) in [6, 6.07) is 7.82. The van der Waals surface area contributed by atoms with Crippen molar-refractivity contribution in [2.24, 2.45) is 5.92 Å². The Labute approximate surface area is 134 Å². The van der Waals surface area contributed by atoms with Crippen molar-refractivity contribution in [1.82, 2.24) is 4.98 Å². The van der Waals surface area contributed by atoms with Gasteiger partial charge >= 0.3 is 0 Å². The minimum absolute atomic E-state index is 0.0208. The first kappa shape index (κ1) is 14.2. The summed E-state index contributed by atoms with van der Waals surface area (Å²) in [6.45, 7) is 2.90. The Morgan fingerprint density at radius 2 is 2.13 bits per heavy atom. The second kappa shape index (κ2) is 5.37. The molecule has 23 heavy (non-hydrogen) atoms. The average molecular weight is 313 g/mol. The first-order valence-corrected chi connectivity index (χ1v) is 8.07. The zero-order valence-electron chi connectivity index (χ0n) is 13.0. The fourth-order valence-corrected chi connectivity index (χ4v) is 3.00. The normalized spacial score (nSPS) is 22.8. The van der Waals surface area contributed by atoms with E-state index in [2.05, 4.69) is 22.9 Å². The van der Waals surface area contributed by atoms with E-state index in [9.17, 15) is 10.1 Å². The van der Waals surface area contributed by atoms with Gasteiger partial charge in [-0.15, -0.1) is 0 Å². The van der Waals surface area contributed by atoms with Gasteiger partial charge in [-0.1, -0.05) is 6.92 Å². The third-order valence-corrected chi connectivity index (χ3v) is 4.71. The van der Waals surface area contributed by atoms with Crippen molar-refractivity contribution in [2.75, 3.05) is 4.90 Å². The highest BCUT2D eigenvalue weighted by Gasteiger charge is 2.37. The predicted molar refractivity (Wildman–Crippen MR) is 85.3 cm³/mol. The van der Waals surface area contributed by atoms with Crippen molar-refractivity contribution in [3.05, 3.63) is 52.1 Å².